The van der Waals surface area contributed by atoms with Crippen molar-refractivity contribution in [1.29, 1.82) is 5.26 Å². The van der Waals surface area contributed by atoms with Crippen LogP contribution < -0.4 is 5.32 Å². The highest BCUT2D eigenvalue weighted by molar-refractivity contribution is 5.97. The first-order valence-corrected chi connectivity index (χ1v) is 7.07. The van der Waals surface area contributed by atoms with Crippen molar-refractivity contribution in [2.45, 2.75) is 26.2 Å². The maximum Gasteiger partial charge on any atom is 0.266 e. The third-order valence-corrected chi connectivity index (χ3v) is 3.52. The lowest BCUT2D eigenvalue weighted by atomic mass is 10.1. The van der Waals surface area contributed by atoms with Crippen LogP contribution in [-0.2, 0) is 4.79 Å². The van der Waals surface area contributed by atoms with E-state index in [1.54, 1.807) is 23.1 Å². The molecule has 5 heteroatoms. The van der Waals surface area contributed by atoms with E-state index in [0.717, 1.165) is 24.8 Å². The summed E-state index contributed by atoms with van der Waals surface area (Å²) >= 11 is 0. The summed E-state index contributed by atoms with van der Waals surface area (Å²) in [5.41, 5.74) is 1.51. The molecule has 0 spiro atoms. The van der Waals surface area contributed by atoms with E-state index < -0.39 is 0 Å². The van der Waals surface area contributed by atoms with Gasteiger partial charge in [-0.3, -0.25) is 4.79 Å². The minimum Gasteiger partial charge on any atom is -0.506 e. The third kappa shape index (κ3) is 3.76. The smallest absolute Gasteiger partial charge is 0.266 e. The normalized spacial score (nSPS) is 15.4. The van der Waals surface area contributed by atoms with Crippen LogP contribution in [0.1, 0.15) is 24.8 Å². The van der Waals surface area contributed by atoms with Crippen molar-refractivity contribution in [2.75, 3.05) is 18.4 Å². The Kier molecular flexibility index (Phi) is 4.83. The second kappa shape index (κ2) is 6.80. The molecule has 5 nitrogen and oxygen atoms in total. The number of nitrogens with one attached hydrogen (secondary N) is 1. The molecule has 1 amide bonds. The zero-order chi connectivity index (χ0) is 15.2. The standard InChI is InChI=1S/C16H19N3O2/c1-12-5-6-15(20)14(9-12)18-11-13(10-17)16(21)19-7-3-2-4-8-19/h5-6,9,11,18,20H,2-4,7-8H2,1H3/b13-11-. The number of carbonyl (C=O) groups is 1. The SMILES string of the molecule is Cc1ccc(O)c(N/C=C(/C#N)C(=O)N2CCCCC2)c1. The monoisotopic (exact) mass is 285 g/mol. The number of rotatable bonds is 3. The maximum absolute atomic E-state index is 12.2. The predicted molar refractivity (Wildman–Crippen MR) is 80.6 cm³/mol. The second-order valence-electron chi connectivity index (χ2n) is 5.19. The summed E-state index contributed by atoms with van der Waals surface area (Å²) in [5.74, 6) is -0.170. The summed E-state index contributed by atoms with van der Waals surface area (Å²) in [7, 11) is 0. The summed E-state index contributed by atoms with van der Waals surface area (Å²) in [6, 6.07) is 7.04. The lowest BCUT2D eigenvalue weighted by Gasteiger charge is -2.26. The van der Waals surface area contributed by atoms with Crippen molar-refractivity contribution in [3.8, 4) is 11.8 Å². The fraction of sp³-hybridized carbons (Fsp3) is 0.375. The van der Waals surface area contributed by atoms with Crippen LogP contribution in [-0.4, -0.2) is 29.0 Å². The van der Waals surface area contributed by atoms with Gasteiger partial charge in [0.05, 0.1) is 5.69 Å². The number of hydrogen-bond donors (Lipinski definition) is 2. The number of anilines is 1. The van der Waals surface area contributed by atoms with Gasteiger partial charge in [-0.05, 0) is 43.9 Å². The number of benzene rings is 1. The Morgan fingerprint density at radius 3 is 2.76 bits per heavy atom. The molecule has 0 radical (unpaired) electrons. The zero-order valence-electron chi connectivity index (χ0n) is 12.1. The van der Waals surface area contributed by atoms with Crippen molar-refractivity contribution in [3.63, 3.8) is 0 Å². The van der Waals surface area contributed by atoms with Gasteiger partial charge < -0.3 is 15.3 Å². The fourth-order valence-electron chi connectivity index (χ4n) is 2.32. The lowest BCUT2D eigenvalue weighted by Crippen LogP contribution is -2.36. The molecule has 2 N–H and O–H groups in total. The van der Waals surface area contributed by atoms with Crippen molar-refractivity contribution < 1.29 is 9.90 Å². The molecule has 1 saturated heterocycles. The molecule has 0 atom stereocenters. The third-order valence-electron chi connectivity index (χ3n) is 3.52. The first-order valence-electron chi connectivity index (χ1n) is 7.07. The molecule has 0 saturated carbocycles. The Labute approximate surface area is 124 Å². The van der Waals surface area contributed by atoms with E-state index in [-0.39, 0.29) is 17.2 Å². The molecule has 2 rings (SSSR count). The van der Waals surface area contributed by atoms with E-state index in [4.69, 9.17) is 5.26 Å². The predicted octanol–water partition coefficient (Wildman–Crippen LogP) is 2.53. The molecule has 1 aliphatic heterocycles. The van der Waals surface area contributed by atoms with Crippen molar-refractivity contribution >= 4 is 11.6 Å². The molecular weight excluding hydrogens is 266 g/mol. The van der Waals surface area contributed by atoms with E-state index >= 15 is 0 Å². The first-order chi connectivity index (χ1) is 10.1. The van der Waals surface area contributed by atoms with Gasteiger partial charge in [0.2, 0.25) is 0 Å². The van der Waals surface area contributed by atoms with E-state index in [1.807, 2.05) is 13.0 Å². The molecule has 0 bridgehead atoms. The van der Waals surface area contributed by atoms with E-state index in [2.05, 4.69) is 5.32 Å². The average Bonchev–Trinajstić information content (AvgIpc) is 2.51. The number of piperidine rings is 1. The minimum atomic E-state index is -0.253. The largest absolute Gasteiger partial charge is 0.506 e. The average molecular weight is 285 g/mol. The number of phenolic OH excluding ortho intramolecular Hbond substituents is 1. The molecule has 0 aliphatic carbocycles. The molecule has 21 heavy (non-hydrogen) atoms. The van der Waals surface area contributed by atoms with Crippen LogP contribution in [0.2, 0.25) is 0 Å². The van der Waals surface area contributed by atoms with Gasteiger partial charge in [0, 0.05) is 19.3 Å². The molecule has 1 aromatic carbocycles. The van der Waals surface area contributed by atoms with Crippen LogP contribution in [0.5, 0.6) is 5.75 Å². The number of aromatic hydroxyl groups is 1. The number of phenols is 1. The molecule has 1 heterocycles. The van der Waals surface area contributed by atoms with Gasteiger partial charge in [-0.1, -0.05) is 6.07 Å². The number of nitrogens with zero attached hydrogens (tertiary/aromatic N) is 2. The van der Waals surface area contributed by atoms with Gasteiger partial charge in [0.1, 0.15) is 17.4 Å². The molecular formula is C16H19N3O2. The summed E-state index contributed by atoms with van der Waals surface area (Å²) in [5, 5.41) is 21.7. The summed E-state index contributed by atoms with van der Waals surface area (Å²) in [6.07, 6.45) is 4.46. The Hall–Kier alpha value is -2.48. The summed E-state index contributed by atoms with van der Waals surface area (Å²) < 4.78 is 0. The molecule has 110 valence electrons. The van der Waals surface area contributed by atoms with Gasteiger partial charge in [-0.25, -0.2) is 0 Å². The van der Waals surface area contributed by atoms with E-state index in [0.29, 0.717) is 18.8 Å². The van der Waals surface area contributed by atoms with Crippen molar-refractivity contribution in [3.05, 3.63) is 35.5 Å². The van der Waals surface area contributed by atoms with Crippen LogP contribution in [0.15, 0.2) is 30.0 Å². The maximum atomic E-state index is 12.2. The molecule has 1 aromatic rings. The topological polar surface area (TPSA) is 76.4 Å². The fourth-order valence-corrected chi connectivity index (χ4v) is 2.32. The molecule has 0 aromatic heterocycles. The Balaban J connectivity index is 2.11. The number of likely N-dealkylation sites (tertiary alicyclic amines) is 1. The number of aryl methyl sites for hydroxylation is 1. The number of nitriles is 1. The highest BCUT2D eigenvalue weighted by atomic mass is 16.3. The van der Waals surface area contributed by atoms with Crippen LogP contribution in [0.3, 0.4) is 0 Å². The Morgan fingerprint density at radius 2 is 2.10 bits per heavy atom. The quantitative estimate of drug-likeness (QED) is 0.508. The van der Waals surface area contributed by atoms with E-state index in [1.165, 1.54) is 6.20 Å². The van der Waals surface area contributed by atoms with Gasteiger partial charge in [0.15, 0.2) is 0 Å². The van der Waals surface area contributed by atoms with Gasteiger partial charge in [0.25, 0.3) is 5.91 Å². The molecule has 0 unspecified atom stereocenters. The number of amides is 1. The van der Waals surface area contributed by atoms with Crippen LogP contribution in [0.4, 0.5) is 5.69 Å². The van der Waals surface area contributed by atoms with Crippen molar-refractivity contribution in [1.82, 2.24) is 4.90 Å². The van der Waals surface area contributed by atoms with Gasteiger partial charge in [-0.2, -0.15) is 5.26 Å². The lowest BCUT2D eigenvalue weighted by molar-refractivity contribution is -0.127. The minimum absolute atomic E-state index is 0.0535. The Morgan fingerprint density at radius 1 is 1.38 bits per heavy atom. The molecule has 1 aliphatic rings. The summed E-state index contributed by atoms with van der Waals surface area (Å²) in [4.78, 5) is 13.9. The second-order valence-corrected chi connectivity index (χ2v) is 5.19. The zero-order valence-corrected chi connectivity index (χ0v) is 12.1. The van der Waals surface area contributed by atoms with E-state index in [9.17, 15) is 9.90 Å². The molecule has 1 fully saturated rings. The van der Waals surface area contributed by atoms with Gasteiger partial charge >= 0.3 is 0 Å². The van der Waals surface area contributed by atoms with Gasteiger partial charge in [-0.15, -0.1) is 0 Å². The van der Waals surface area contributed by atoms with Crippen LogP contribution in [0.25, 0.3) is 0 Å². The van der Waals surface area contributed by atoms with Crippen molar-refractivity contribution in [2.24, 2.45) is 0 Å². The number of hydrogen-bond acceptors (Lipinski definition) is 4. The highest BCUT2D eigenvalue weighted by Gasteiger charge is 2.20. The van der Waals surface area contributed by atoms with Crippen LogP contribution >= 0.6 is 0 Å². The highest BCUT2D eigenvalue weighted by Crippen LogP contribution is 2.24. The Bertz CT molecular complexity index is 596. The van der Waals surface area contributed by atoms with Crippen LogP contribution in [0, 0.1) is 18.3 Å². The first kappa shape index (κ1) is 14.9. The number of carbonyl (C=O) groups excluding carboxylic acids is 1. The summed E-state index contributed by atoms with van der Waals surface area (Å²) in [6.45, 7) is 3.31.